The van der Waals surface area contributed by atoms with Crippen molar-refractivity contribution in [3.63, 3.8) is 0 Å². The molecule has 0 spiro atoms. The summed E-state index contributed by atoms with van der Waals surface area (Å²) in [7, 11) is 0. The fraction of sp³-hybridized carbons (Fsp3) is 0.231. The van der Waals surface area contributed by atoms with Crippen LogP contribution >= 0.6 is 0 Å². The SMILES string of the molecule is O=C(O)Oc1ccc(CC(=O)N2CCc3c(n(Cc4cccc(OC(F)F)c4)c4ncccc34)C2)cn1. The Morgan fingerprint density at radius 2 is 1.95 bits per heavy atom. The van der Waals surface area contributed by atoms with Crippen molar-refractivity contribution in [1.82, 2.24) is 19.4 Å². The van der Waals surface area contributed by atoms with Crippen LogP contribution in [-0.2, 0) is 30.7 Å². The van der Waals surface area contributed by atoms with E-state index in [9.17, 15) is 18.4 Å². The molecule has 5 rings (SSSR count). The maximum Gasteiger partial charge on any atom is 0.512 e. The lowest BCUT2D eigenvalue weighted by molar-refractivity contribution is -0.131. The Balaban J connectivity index is 1.38. The molecule has 0 saturated carbocycles. The summed E-state index contributed by atoms with van der Waals surface area (Å²) in [6.45, 7) is -1.63. The number of nitrogens with zero attached hydrogens (tertiary/aromatic N) is 4. The van der Waals surface area contributed by atoms with Crippen LogP contribution in [-0.4, -0.2) is 49.8 Å². The monoisotopic (exact) mass is 508 g/mol. The quantitative estimate of drug-likeness (QED) is 0.372. The Morgan fingerprint density at radius 1 is 1.08 bits per heavy atom. The second-order valence-electron chi connectivity index (χ2n) is 8.53. The van der Waals surface area contributed by atoms with Crippen LogP contribution in [0.5, 0.6) is 11.6 Å². The fourth-order valence-corrected chi connectivity index (χ4v) is 4.60. The van der Waals surface area contributed by atoms with Crippen LogP contribution in [0.2, 0.25) is 0 Å². The van der Waals surface area contributed by atoms with Crippen LogP contribution in [0.4, 0.5) is 13.6 Å². The molecule has 3 aromatic heterocycles. The minimum atomic E-state index is -2.91. The molecule has 1 aliphatic rings. The van der Waals surface area contributed by atoms with E-state index < -0.39 is 12.8 Å². The third-order valence-electron chi connectivity index (χ3n) is 6.18. The number of pyridine rings is 2. The zero-order chi connectivity index (χ0) is 25.9. The number of fused-ring (bicyclic) bond motifs is 3. The number of ether oxygens (including phenoxy) is 2. The molecule has 4 aromatic rings. The topological polar surface area (TPSA) is 107 Å². The van der Waals surface area contributed by atoms with Crippen LogP contribution < -0.4 is 9.47 Å². The minimum Gasteiger partial charge on any atom is -0.449 e. The Hall–Kier alpha value is -4.54. The number of carbonyl (C=O) groups excluding carboxylic acids is 1. The van der Waals surface area contributed by atoms with Gasteiger partial charge in [-0.25, -0.2) is 14.8 Å². The molecule has 0 unspecified atom stereocenters. The van der Waals surface area contributed by atoms with E-state index in [-0.39, 0.29) is 24.0 Å². The van der Waals surface area contributed by atoms with Crippen LogP contribution in [0.1, 0.15) is 22.4 Å². The highest BCUT2D eigenvalue weighted by Crippen LogP contribution is 2.31. The van der Waals surface area contributed by atoms with Gasteiger partial charge in [0.05, 0.1) is 13.0 Å². The summed E-state index contributed by atoms with van der Waals surface area (Å²) in [4.78, 5) is 34.0. The first-order chi connectivity index (χ1) is 17.9. The summed E-state index contributed by atoms with van der Waals surface area (Å²) < 4.78 is 36.5. The molecule has 1 aromatic carbocycles. The molecule has 9 nitrogen and oxygen atoms in total. The number of carbonyl (C=O) groups is 2. The summed E-state index contributed by atoms with van der Waals surface area (Å²) in [5.74, 6) is -0.0845. The third-order valence-corrected chi connectivity index (χ3v) is 6.18. The van der Waals surface area contributed by atoms with Crippen LogP contribution in [0.3, 0.4) is 0 Å². The van der Waals surface area contributed by atoms with E-state index in [1.54, 1.807) is 29.3 Å². The largest absolute Gasteiger partial charge is 0.512 e. The molecule has 0 bridgehead atoms. The minimum absolute atomic E-state index is 0.0636. The lowest BCUT2D eigenvalue weighted by Gasteiger charge is -2.28. The first-order valence-corrected chi connectivity index (χ1v) is 11.5. The van der Waals surface area contributed by atoms with Crippen molar-refractivity contribution in [3.8, 4) is 11.6 Å². The zero-order valence-electron chi connectivity index (χ0n) is 19.5. The highest BCUT2D eigenvalue weighted by molar-refractivity contribution is 5.84. The van der Waals surface area contributed by atoms with Gasteiger partial charge < -0.3 is 24.0 Å². The number of amides is 1. The van der Waals surface area contributed by atoms with Gasteiger partial charge in [-0.15, -0.1) is 0 Å². The van der Waals surface area contributed by atoms with Crippen molar-refractivity contribution in [2.75, 3.05) is 6.54 Å². The van der Waals surface area contributed by atoms with Crippen molar-refractivity contribution in [2.24, 2.45) is 0 Å². The summed E-state index contributed by atoms with van der Waals surface area (Å²) in [6, 6.07) is 13.4. The van der Waals surface area contributed by atoms with Gasteiger partial charge in [-0.05, 0) is 47.4 Å². The molecule has 0 aliphatic carbocycles. The number of benzene rings is 1. The van der Waals surface area contributed by atoms with Gasteiger partial charge in [0.1, 0.15) is 11.4 Å². The lowest BCUT2D eigenvalue weighted by Crippen LogP contribution is -2.37. The van der Waals surface area contributed by atoms with Crippen molar-refractivity contribution < 1.29 is 33.0 Å². The Morgan fingerprint density at radius 3 is 2.70 bits per heavy atom. The van der Waals surface area contributed by atoms with E-state index in [1.165, 1.54) is 18.3 Å². The molecular weight excluding hydrogens is 486 g/mol. The average molecular weight is 508 g/mol. The summed E-state index contributed by atoms with van der Waals surface area (Å²) in [6.07, 6.45) is 2.41. The first kappa shape index (κ1) is 24.2. The predicted molar refractivity (Wildman–Crippen MR) is 128 cm³/mol. The summed E-state index contributed by atoms with van der Waals surface area (Å²) >= 11 is 0. The van der Waals surface area contributed by atoms with E-state index >= 15 is 0 Å². The summed E-state index contributed by atoms with van der Waals surface area (Å²) in [5.41, 5.74) is 4.22. The molecule has 1 aliphatic heterocycles. The predicted octanol–water partition coefficient (Wildman–Crippen LogP) is 4.27. The van der Waals surface area contributed by atoms with E-state index in [0.29, 0.717) is 31.6 Å². The molecule has 1 amide bonds. The van der Waals surface area contributed by atoms with Gasteiger partial charge in [-0.3, -0.25) is 4.79 Å². The number of rotatable bonds is 7. The number of alkyl halides is 2. The number of aromatic nitrogens is 3. The Bertz CT molecular complexity index is 1460. The molecular formula is C26H22F2N4O5. The standard InChI is InChI=1S/C26H22F2N4O5/c27-25(28)36-18-4-1-3-17(11-18)14-32-21-15-31(10-8-19(21)20-5-2-9-29-24(20)32)23(33)12-16-6-7-22(30-13-16)37-26(34)35/h1-7,9,11,13,25H,8,10,12,14-15H2,(H,34,35). The Kier molecular flexibility index (Phi) is 6.67. The molecule has 37 heavy (non-hydrogen) atoms. The van der Waals surface area contributed by atoms with Crippen LogP contribution in [0.15, 0.2) is 60.9 Å². The number of hydrogen-bond donors (Lipinski definition) is 1. The van der Waals surface area contributed by atoms with Crippen molar-refractivity contribution in [3.05, 3.63) is 83.3 Å². The van der Waals surface area contributed by atoms with E-state index in [4.69, 9.17) is 5.11 Å². The molecule has 0 saturated heterocycles. The lowest BCUT2D eigenvalue weighted by atomic mass is 10.0. The number of hydrogen-bond acceptors (Lipinski definition) is 6. The van der Waals surface area contributed by atoms with Gasteiger partial charge in [0.15, 0.2) is 0 Å². The van der Waals surface area contributed by atoms with E-state index in [2.05, 4.69) is 19.4 Å². The van der Waals surface area contributed by atoms with Gasteiger partial charge in [0.25, 0.3) is 0 Å². The van der Waals surface area contributed by atoms with Gasteiger partial charge in [-0.1, -0.05) is 18.2 Å². The molecule has 0 radical (unpaired) electrons. The van der Waals surface area contributed by atoms with Crippen molar-refractivity contribution >= 4 is 23.1 Å². The molecule has 0 atom stereocenters. The number of carboxylic acid groups (broad SMARTS) is 1. The molecule has 1 N–H and O–H groups in total. The van der Waals surface area contributed by atoms with Gasteiger partial charge in [0.2, 0.25) is 11.8 Å². The smallest absolute Gasteiger partial charge is 0.449 e. The second kappa shape index (κ2) is 10.2. The first-order valence-electron chi connectivity index (χ1n) is 11.5. The normalized spacial score (nSPS) is 13.0. The van der Waals surface area contributed by atoms with Gasteiger partial charge in [-0.2, -0.15) is 8.78 Å². The van der Waals surface area contributed by atoms with Gasteiger partial charge in [0, 0.05) is 42.6 Å². The molecule has 0 fully saturated rings. The number of halogens is 2. The highest BCUT2D eigenvalue weighted by atomic mass is 19.3. The van der Waals surface area contributed by atoms with Crippen LogP contribution in [0, 0.1) is 0 Å². The highest BCUT2D eigenvalue weighted by Gasteiger charge is 2.27. The average Bonchev–Trinajstić information content (AvgIpc) is 3.18. The van der Waals surface area contributed by atoms with E-state index in [1.807, 2.05) is 22.8 Å². The van der Waals surface area contributed by atoms with E-state index in [0.717, 1.165) is 27.9 Å². The molecule has 11 heteroatoms. The molecule has 4 heterocycles. The maximum atomic E-state index is 13.1. The maximum absolute atomic E-state index is 13.1. The second-order valence-corrected chi connectivity index (χ2v) is 8.53. The van der Waals surface area contributed by atoms with Crippen molar-refractivity contribution in [1.29, 1.82) is 0 Å². The summed E-state index contributed by atoms with van der Waals surface area (Å²) in [5, 5.41) is 9.68. The zero-order valence-corrected chi connectivity index (χ0v) is 19.5. The van der Waals surface area contributed by atoms with Gasteiger partial charge >= 0.3 is 12.8 Å². The Labute approximate surface area is 209 Å². The van der Waals surface area contributed by atoms with Crippen LogP contribution in [0.25, 0.3) is 11.0 Å². The fourth-order valence-electron chi connectivity index (χ4n) is 4.60. The van der Waals surface area contributed by atoms with Crippen molar-refractivity contribution in [2.45, 2.75) is 32.5 Å². The molecule has 190 valence electrons. The third kappa shape index (κ3) is 5.35.